The van der Waals surface area contributed by atoms with E-state index in [0.29, 0.717) is 5.69 Å². The van der Waals surface area contributed by atoms with E-state index in [4.69, 9.17) is 0 Å². The van der Waals surface area contributed by atoms with Gasteiger partial charge in [-0.1, -0.05) is 12.5 Å². The van der Waals surface area contributed by atoms with Crippen molar-refractivity contribution in [3.05, 3.63) is 23.3 Å². The zero-order valence-electron chi connectivity index (χ0n) is 10.9. The first-order valence-corrected chi connectivity index (χ1v) is 6.42. The molecule has 0 saturated carbocycles. The molecule has 1 aromatic rings. The molecule has 2 rings (SSSR count). The molecule has 4 heteroatoms. The van der Waals surface area contributed by atoms with E-state index in [9.17, 15) is 9.90 Å². The van der Waals surface area contributed by atoms with Gasteiger partial charge in [0.2, 0.25) is 5.91 Å². The van der Waals surface area contributed by atoms with Gasteiger partial charge in [-0.05, 0) is 50.4 Å². The topological polar surface area (TPSA) is 61.4 Å². The molecule has 1 aliphatic rings. The van der Waals surface area contributed by atoms with E-state index in [-0.39, 0.29) is 17.7 Å². The third-order valence-corrected chi connectivity index (χ3v) is 3.33. The fourth-order valence-corrected chi connectivity index (χ4v) is 2.35. The summed E-state index contributed by atoms with van der Waals surface area (Å²) in [6.45, 7) is 4.66. The largest absolute Gasteiger partial charge is 0.505 e. The molecule has 3 N–H and O–H groups in total. The van der Waals surface area contributed by atoms with Gasteiger partial charge in [0.25, 0.3) is 0 Å². The van der Waals surface area contributed by atoms with Gasteiger partial charge in [0.05, 0.1) is 11.7 Å². The lowest BCUT2D eigenvalue weighted by atomic mass is 10.0. The van der Waals surface area contributed by atoms with Gasteiger partial charge in [-0.3, -0.25) is 4.79 Å². The predicted octanol–water partition coefficient (Wildman–Crippen LogP) is 2.09. The van der Waals surface area contributed by atoms with Gasteiger partial charge in [0.1, 0.15) is 5.75 Å². The summed E-state index contributed by atoms with van der Waals surface area (Å²) in [6.07, 6.45) is 3.06. The highest BCUT2D eigenvalue weighted by Crippen LogP contribution is 2.28. The van der Waals surface area contributed by atoms with Gasteiger partial charge < -0.3 is 15.7 Å². The smallest absolute Gasteiger partial charge is 0.241 e. The first-order chi connectivity index (χ1) is 8.58. The van der Waals surface area contributed by atoms with Crippen molar-refractivity contribution < 1.29 is 9.90 Å². The summed E-state index contributed by atoms with van der Waals surface area (Å²) in [4.78, 5) is 12.1. The maximum absolute atomic E-state index is 12.1. The first kappa shape index (κ1) is 12.9. The molecule has 0 aromatic heterocycles. The van der Waals surface area contributed by atoms with Crippen molar-refractivity contribution >= 4 is 11.6 Å². The lowest BCUT2D eigenvalue weighted by Gasteiger charge is -2.23. The molecule has 1 aromatic carbocycles. The number of hydrogen-bond donors (Lipinski definition) is 3. The van der Waals surface area contributed by atoms with E-state index in [0.717, 1.165) is 36.9 Å². The minimum absolute atomic E-state index is 0.0602. The van der Waals surface area contributed by atoms with Crippen molar-refractivity contribution in [2.75, 3.05) is 11.9 Å². The van der Waals surface area contributed by atoms with Crippen LogP contribution in [0, 0.1) is 13.8 Å². The van der Waals surface area contributed by atoms with Gasteiger partial charge in [-0.2, -0.15) is 0 Å². The summed E-state index contributed by atoms with van der Waals surface area (Å²) in [5.74, 6) is 0.0970. The molecule has 4 nitrogen and oxygen atoms in total. The zero-order valence-corrected chi connectivity index (χ0v) is 10.9. The van der Waals surface area contributed by atoms with E-state index in [1.165, 1.54) is 0 Å². The van der Waals surface area contributed by atoms with Crippen LogP contribution < -0.4 is 10.6 Å². The summed E-state index contributed by atoms with van der Waals surface area (Å²) in [5, 5.41) is 15.9. The Kier molecular flexibility index (Phi) is 3.87. The lowest BCUT2D eigenvalue weighted by molar-refractivity contribution is -0.118. The second-order valence-corrected chi connectivity index (χ2v) is 4.97. The number of benzene rings is 1. The normalized spacial score (nSPS) is 19.6. The van der Waals surface area contributed by atoms with Crippen LogP contribution in [0.4, 0.5) is 5.69 Å². The Morgan fingerprint density at radius 1 is 1.39 bits per heavy atom. The third kappa shape index (κ3) is 2.82. The van der Waals surface area contributed by atoms with Crippen LogP contribution in [-0.2, 0) is 4.79 Å². The highest BCUT2D eigenvalue weighted by molar-refractivity contribution is 5.96. The number of phenolic OH excluding ortho intramolecular Hbond substituents is 1. The zero-order chi connectivity index (χ0) is 13.1. The van der Waals surface area contributed by atoms with Crippen LogP contribution in [0.1, 0.15) is 30.4 Å². The number of piperidine rings is 1. The molecule has 0 spiro atoms. The van der Waals surface area contributed by atoms with Gasteiger partial charge in [-0.25, -0.2) is 0 Å². The Balaban J connectivity index is 2.11. The predicted molar refractivity (Wildman–Crippen MR) is 71.9 cm³/mol. The number of amides is 1. The van der Waals surface area contributed by atoms with Crippen LogP contribution in [0.5, 0.6) is 5.75 Å². The number of phenols is 1. The molecule has 0 aliphatic carbocycles. The summed E-state index contributed by atoms with van der Waals surface area (Å²) < 4.78 is 0. The Morgan fingerprint density at radius 3 is 2.83 bits per heavy atom. The number of rotatable bonds is 2. The molecule has 1 fully saturated rings. The number of carbonyl (C=O) groups excluding carboxylic acids is 1. The summed E-state index contributed by atoms with van der Waals surface area (Å²) in [7, 11) is 0. The van der Waals surface area contributed by atoms with Crippen LogP contribution >= 0.6 is 0 Å². The average molecular weight is 248 g/mol. The molecule has 1 amide bonds. The standard InChI is InChI=1S/C14H20N2O2/c1-9-7-10(2)13(17)12(8-9)16-14(18)11-5-3-4-6-15-11/h7-8,11,15,17H,3-6H2,1-2H3,(H,16,18). The van der Waals surface area contributed by atoms with Crippen molar-refractivity contribution in [2.45, 2.75) is 39.2 Å². The number of aryl methyl sites for hydroxylation is 2. The van der Waals surface area contributed by atoms with Crippen LogP contribution in [-0.4, -0.2) is 23.6 Å². The highest BCUT2D eigenvalue weighted by atomic mass is 16.3. The fraction of sp³-hybridized carbons (Fsp3) is 0.500. The van der Waals surface area contributed by atoms with Crippen molar-refractivity contribution in [3.8, 4) is 5.75 Å². The molecular formula is C14H20N2O2. The summed E-state index contributed by atoms with van der Waals surface area (Å²) >= 11 is 0. The third-order valence-electron chi connectivity index (χ3n) is 3.33. The van der Waals surface area contributed by atoms with Crippen molar-refractivity contribution in [1.82, 2.24) is 5.32 Å². The molecule has 1 unspecified atom stereocenters. The Bertz CT molecular complexity index is 451. The Morgan fingerprint density at radius 2 is 2.17 bits per heavy atom. The van der Waals surface area contributed by atoms with E-state index < -0.39 is 0 Å². The lowest BCUT2D eigenvalue weighted by Crippen LogP contribution is -2.43. The Labute approximate surface area is 107 Å². The number of carbonyl (C=O) groups is 1. The van der Waals surface area contributed by atoms with Crippen LogP contribution in [0.15, 0.2) is 12.1 Å². The molecule has 1 atom stereocenters. The number of aromatic hydroxyl groups is 1. The molecule has 1 aliphatic heterocycles. The Hall–Kier alpha value is -1.55. The van der Waals surface area contributed by atoms with Crippen molar-refractivity contribution in [2.24, 2.45) is 0 Å². The van der Waals surface area contributed by atoms with E-state index in [1.54, 1.807) is 6.07 Å². The fourth-order valence-electron chi connectivity index (χ4n) is 2.35. The number of anilines is 1. The summed E-state index contributed by atoms with van der Waals surface area (Å²) in [6, 6.07) is 3.55. The maximum atomic E-state index is 12.1. The second kappa shape index (κ2) is 5.40. The summed E-state index contributed by atoms with van der Waals surface area (Å²) in [5.41, 5.74) is 2.31. The minimum Gasteiger partial charge on any atom is -0.505 e. The number of hydrogen-bond acceptors (Lipinski definition) is 3. The highest BCUT2D eigenvalue weighted by Gasteiger charge is 2.21. The van der Waals surface area contributed by atoms with E-state index in [1.807, 2.05) is 19.9 Å². The van der Waals surface area contributed by atoms with Gasteiger partial charge >= 0.3 is 0 Å². The van der Waals surface area contributed by atoms with E-state index >= 15 is 0 Å². The SMILES string of the molecule is Cc1cc(C)c(O)c(NC(=O)C2CCCCN2)c1. The maximum Gasteiger partial charge on any atom is 0.241 e. The molecule has 1 heterocycles. The van der Waals surface area contributed by atoms with Crippen molar-refractivity contribution in [3.63, 3.8) is 0 Å². The van der Waals surface area contributed by atoms with Crippen LogP contribution in [0.25, 0.3) is 0 Å². The van der Waals surface area contributed by atoms with Gasteiger partial charge in [0, 0.05) is 0 Å². The molecule has 98 valence electrons. The van der Waals surface area contributed by atoms with Gasteiger partial charge in [0.15, 0.2) is 0 Å². The monoisotopic (exact) mass is 248 g/mol. The number of nitrogens with one attached hydrogen (secondary N) is 2. The molecule has 18 heavy (non-hydrogen) atoms. The first-order valence-electron chi connectivity index (χ1n) is 6.42. The van der Waals surface area contributed by atoms with Crippen LogP contribution in [0.2, 0.25) is 0 Å². The minimum atomic E-state index is -0.140. The molecule has 1 saturated heterocycles. The van der Waals surface area contributed by atoms with Crippen LogP contribution in [0.3, 0.4) is 0 Å². The quantitative estimate of drug-likeness (QED) is 0.702. The van der Waals surface area contributed by atoms with Gasteiger partial charge in [-0.15, -0.1) is 0 Å². The average Bonchev–Trinajstić information content (AvgIpc) is 2.36. The second-order valence-electron chi connectivity index (χ2n) is 4.97. The molecule has 0 radical (unpaired) electrons. The molecular weight excluding hydrogens is 228 g/mol. The van der Waals surface area contributed by atoms with E-state index in [2.05, 4.69) is 10.6 Å². The van der Waals surface area contributed by atoms with Crippen molar-refractivity contribution in [1.29, 1.82) is 0 Å². The molecule has 0 bridgehead atoms.